The molecule has 0 aliphatic heterocycles. The van der Waals surface area contributed by atoms with Gasteiger partial charge in [0.15, 0.2) is 0 Å². The summed E-state index contributed by atoms with van der Waals surface area (Å²) in [5.74, 6) is 0. The van der Waals surface area contributed by atoms with Gasteiger partial charge in [0.1, 0.15) is 0 Å². The van der Waals surface area contributed by atoms with E-state index in [2.05, 4.69) is 21.1 Å². The predicted octanol–water partition coefficient (Wildman–Crippen LogP) is -0.743. The highest BCUT2D eigenvalue weighted by molar-refractivity contribution is 5.97. The lowest BCUT2D eigenvalue weighted by Crippen LogP contribution is -2.37. The van der Waals surface area contributed by atoms with E-state index >= 15 is 0 Å². The van der Waals surface area contributed by atoms with Crippen molar-refractivity contribution < 1.29 is 9.14 Å². The number of likely N-dealkylation sites (N-methyl/N-ethyl adjacent to an activating group) is 1. The predicted molar refractivity (Wildman–Crippen MR) is 37.4 cm³/mol. The third-order valence-electron chi connectivity index (χ3n) is 0.966. The molecule has 0 aromatic heterocycles. The molecule has 0 radical (unpaired) electrons. The van der Waals surface area contributed by atoms with Gasteiger partial charge >= 0.3 is 0 Å². The second-order valence-electron chi connectivity index (χ2n) is 3.01. The first-order valence-electron chi connectivity index (χ1n) is 2.85. The SMILES string of the molecule is BOCC[N+](C)(C)C. The van der Waals surface area contributed by atoms with Crippen LogP contribution in [-0.4, -0.2) is 46.8 Å². The molecule has 0 unspecified atom stereocenters. The van der Waals surface area contributed by atoms with Gasteiger partial charge < -0.3 is 9.14 Å². The smallest absolute Gasteiger partial charge is 0.257 e. The average Bonchev–Trinajstić information content (AvgIpc) is 1.59. The Morgan fingerprint density at radius 2 is 1.88 bits per heavy atom. The molecule has 0 saturated heterocycles. The topological polar surface area (TPSA) is 9.23 Å². The fourth-order valence-corrected chi connectivity index (χ4v) is 0.365. The Balaban J connectivity index is 3.11. The number of rotatable bonds is 3. The van der Waals surface area contributed by atoms with Crippen LogP contribution in [0, 0.1) is 0 Å². The molecular formula is C5H15BNO+. The monoisotopic (exact) mass is 116 g/mol. The van der Waals surface area contributed by atoms with Crippen LogP contribution in [0.25, 0.3) is 0 Å². The van der Waals surface area contributed by atoms with Crippen molar-refractivity contribution >= 4 is 8.05 Å². The van der Waals surface area contributed by atoms with Crippen molar-refractivity contribution in [3.8, 4) is 0 Å². The molecule has 0 atom stereocenters. The van der Waals surface area contributed by atoms with Crippen LogP contribution in [0.3, 0.4) is 0 Å². The summed E-state index contributed by atoms with van der Waals surface area (Å²) in [6.45, 7) is 1.93. The molecule has 0 fully saturated rings. The van der Waals surface area contributed by atoms with Gasteiger partial charge in [0.25, 0.3) is 8.05 Å². The van der Waals surface area contributed by atoms with Gasteiger partial charge in [-0.25, -0.2) is 0 Å². The van der Waals surface area contributed by atoms with Crippen molar-refractivity contribution in [2.45, 2.75) is 0 Å². The molecule has 48 valence electrons. The van der Waals surface area contributed by atoms with Gasteiger partial charge in [0.2, 0.25) is 0 Å². The van der Waals surface area contributed by atoms with E-state index in [1.807, 2.05) is 0 Å². The Labute approximate surface area is 52.5 Å². The van der Waals surface area contributed by atoms with Crippen molar-refractivity contribution in [3.63, 3.8) is 0 Å². The minimum absolute atomic E-state index is 0.851. The van der Waals surface area contributed by atoms with Crippen LogP contribution >= 0.6 is 0 Å². The molecule has 0 rings (SSSR count). The molecule has 0 spiro atoms. The Bertz CT molecular complexity index is 59.9. The van der Waals surface area contributed by atoms with Crippen LogP contribution in [0.1, 0.15) is 0 Å². The Kier molecular flexibility index (Phi) is 3.09. The standard InChI is InChI=1S/C5H15BNO/c1-7(2,3)4-5-8-6/h4-6H2,1-3H3/q+1. The van der Waals surface area contributed by atoms with E-state index in [0.29, 0.717) is 0 Å². The zero-order chi connectivity index (χ0) is 6.62. The molecule has 0 aliphatic carbocycles. The van der Waals surface area contributed by atoms with Crippen LogP contribution in [-0.2, 0) is 4.65 Å². The van der Waals surface area contributed by atoms with E-state index in [1.165, 1.54) is 0 Å². The van der Waals surface area contributed by atoms with Crippen LogP contribution < -0.4 is 0 Å². The normalized spacial score (nSPS) is 11.9. The molecular weight excluding hydrogens is 101 g/mol. The molecule has 0 aromatic carbocycles. The zero-order valence-corrected chi connectivity index (χ0v) is 6.27. The van der Waals surface area contributed by atoms with Gasteiger partial charge in [-0.2, -0.15) is 0 Å². The van der Waals surface area contributed by atoms with Gasteiger partial charge in [-0.1, -0.05) is 0 Å². The lowest BCUT2D eigenvalue weighted by molar-refractivity contribution is -0.870. The summed E-state index contributed by atoms with van der Waals surface area (Å²) >= 11 is 0. The van der Waals surface area contributed by atoms with Crippen molar-refractivity contribution in [1.82, 2.24) is 0 Å². The Morgan fingerprint density at radius 3 is 2.00 bits per heavy atom. The van der Waals surface area contributed by atoms with Crippen molar-refractivity contribution in [1.29, 1.82) is 0 Å². The average molecular weight is 116 g/mol. The van der Waals surface area contributed by atoms with E-state index in [4.69, 9.17) is 4.65 Å². The first-order valence-corrected chi connectivity index (χ1v) is 2.85. The van der Waals surface area contributed by atoms with Gasteiger partial charge in [-0.3, -0.25) is 0 Å². The second-order valence-corrected chi connectivity index (χ2v) is 3.01. The summed E-state index contributed by atoms with van der Waals surface area (Å²) in [5, 5.41) is 0. The molecule has 2 nitrogen and oxygen atoms in total. The highest BCUT2D eigenvalue weighted by Crippen LogP contribution is 1.86. The Morgan fingerprint density at radius 1 is 1.38 bits per heavy atom. The fourth-order valence-electron chi connectivity index (χ4n) is 0.365. The first-order chi connectivity index (χ1) is 3.56. The summed E-state index contributed by atoms with van der Waals surface area (Å²) in [7, 11) is 8.19. The third-order valence-corrected chi connectivity index (χ3v) is 0.966. The van der Waals surface area contributed by atoms with E-state index < -0.39 is 0 Å². The number of hydrogen-bond donors (Lipinski definition) is 0. The van der Waals surface area contributed by atoms with Crippen molar-refractivity contribution in [3.05, 3.63) is 0 Å². The van der Waals surface area contributed by atoms with E-state index in [-0.39, 0.29) is 0 Å². The molecule has 0 aromatic rings. The zero-order valence-electron chi connectivity index (χ0n) is 6.27. The highest BCUT2D eigenvalue weighted by Gasteiger charge is 2.03. The minimum Gasteiger partial charge on any atom is -0.438 e. The Hall–Kier alpha value is -0.0151. The fraction of sp³-hybridized carbons (Fsp3) is 1.00. The van der Waals surface area contributed by atoms with Crippen LogP contribution in [0.4, 0.5) is 0 Å². The highest BCUT2D eigenvalue weighted by atomic mass is 16.4. The maximum atomic E-state index is 4.90. The van der Waals surface area contributed by atoms with Gasteiger partial charge in [-0.05, 0) is 0 Å². The molecule has 0 amide bonds. The van der Waals surface area contributed by atoms with E-state index in [1.54, 1.807) is 8.05 Å². The quantitative estimate of drug-likeness (QED) is 0.348. The third kappa shape index (κ3) is 5.98. The lowest BCUT2D eigenvalue weighted by atomic mass is 10.5. The summed E-state index contributed by atoms with van der Waals surface area (Å²) in [5.41, 5.74) is 0. The van der Waals surface area contributed by atoms with Gasteiger partial charge in [0.05, 0.1) is 34.3 Å². The summed E-state index contributed by atoms with van der Waals surface area (Å²) in [6.07, 6.45) is 0. The summed E-state index contributed by atoms with van der Waals surface area (Å²) < 4.78 is 5.88. The molecule has 8 heavy (non-hydrogen) atoms. The summed E-state index contributed by atoms with van der Waals surface area (Å²) in [4.78, 5) is 0. The maximum Gasteiger partial charge on any atom is 0.257 e. The number of quaternary nitrogens is 1. The lowest BCUT2D eigenvalue weighted by Gasteiger charge is -2.23. The minimum atomic E-state index is 0.851. The van der Waals surface area contributed by atoms with Crippen molar-refractivity contribution in [2.75, 3.05) is 34.3 Å². The molecule has 0 N–H and O–H groups in total. The molecule has 0 saturated carbocycles. The van der Waals surface area contributed by atoms with Crippen molar-refractivity contribution in [2.24, 2.45) is 0 Å². The van der Waals surface area contributed by atoms with Gasteiger partial charge in [-0.15, -0.1) is 0 Å². The van der Waals surface area contributed by atoms with Crippen LogP contribution in [0.2, 0.25) is 0 Å². The summed E-state index contributed by atoms with van der Waals surface area (Å²) in [6, 6.07) is 0. The molecule has 0 aliphatic rings. The molecule has 3 heteroatoms. The van der Waals surface area contributed by atoms with Crippen LogP contribution in [0.15, 0.2) is 0 Å². The number of hydrogen-bond acceptors (Lipinski definition) is 1. The second kappa shape index (κ2) is 3.10. The molecule has 0 heterocycles. The van der Waals surface area contributed by atoms with Gasteiger partial charge in [0, 0.05) is 0 Å². The number of nitrogens with zero attached hydrogens (tertiary/aromatic N) is 1. The largest absolute Gasteiger partial charge is 0.438 e. The van der Waals surface area contributed by atoms with Crippen LogP contribution in [0.5, 0.6) is 0 Å². The maximum absolute atomic E-state index is 4.90. The van der Waals surface area contributed by atoms with E-state index in [9.17, 15) is 0 Å². The van der Waals surface area contributed by atoms with E-state index in [0.717, 1.165) is 17.6 Å². The first kappa shape index (κ1) is 7.98. The molecule has 0 bridgehead atoms.